The molecule has 0 heterocycles. The molecule has 15 heavy (non-hydrogen) atoms. The fraction of sp³-hybridized carbons (Fsp3) is 1.00. The summed E-state index contributed by atoms with van der Waals surface area (Å²) in [6, 6.07) is 0. The van der Waals surface area contributed by atoms with Gasteiger partial charge in [-0.15, -0.1) is 0 Å². The van der Waals surface area contributed by atoms with Crippen molar-refractivity contribution in [3.8, 4) is 0 Å². The fourth-order valence-corrected chi connectivity index (χ4v) is 1.54. The molecule has 3 nitrogen and oxygen atoms in total. The van der Waals surface area contributed by atoms with Gasteiger partial charge in [0, 0.05) is 25.2 Å². The Kier molecular flexibility index (Phi) is 5.78. The van der Waals surface area contributed by atoms with Crippen LogP contribution in [-0.2, 0) is 0 Å². The van der Waals surface area contributed by atoms with Gasteiger partial charge in [0.1, 0.15) is 0 Å². The topological polar surface area (TPSA) is 35.5 Å². The second-order valence-corrected chi connectivity index (χ2v) is 6.23. The largest absolute Gasteiger partial charge is 0.395 e. The van der Waals surface area contributed by atoms with Gasteiger partial charge < -0.3 is 15.3 Å². The monoisotopic (exact) mass is 216 g/mol. The molecule has 0 aromatic heterocycles. The highest BCUT2D eigenvalue weighted by molar-refractivity contribution is 4.80. The molecule has 0 aliphatic rings. The molecule has 0 radical (unpaired) electrons. The number of hydrogen-bond donors (Lipinski definition) is 2. The first-order valence-electron chi connectivity index (χ1n) is 5.71. The van der Waals surface area contributed by atoms with Crippen LogP contribution in [0.25, 0.3) is 0 Å². The molecule has 0 aromatic rings. The van der Waals surface area contributed by atoms with Gasteiger partial charge in [0.25, 0.3) is 0 Å². The van der Waals surface area contributed by atoms with E-state index in [9.17, 15) is 0 Å². The van der Waals surface area contributed by atoms with Crippen LogP contribution < -0.4 is 5.32 Å². The number of rotatable bonds is 6. The van der Waals surface area contributed by atoms with Crippen molar-refractivity contribution in [3.05, 3.63) is 0 Å². The SMILES string of the molecule is CN(CCO)CC(C)(C)CNC(C)(C)C. The predicted molar refractivity (Wildman–Crippen MR) is 66.1 cm³/mol. The van der Waals surface area contributed by atoms with Gasteiger partial charge in [-0.2, -0.15) is 0 Å². The van der Waals surface area contributed by atoms with E-state index in [1.165, 1.54) is 0 Å². The molecular weight excluding hydrogens is 188 g/mol. The fourth-order valence-electron chi connectivity index (χ4n) is 1.54. The molecule has 0 aliphatic heterocycles. The molecule has 92 valence electrons. The number of likely N-dealkylation sites (N-methyl/N-ethyl adjacent to an activating group) is 1. The molecule has 0 atom stereocenters. The van der Waals surface area contributed by atoms with Crippen LogP contribution in [0.1, 0.15) is 34.6 Å². The van der Waals surface area contributed by atoms with Gasteiger partial charge in [0.2, 0.25) is 0 Å². The number of aliphatic hydroxyl groups is 1. The third kappa shape index (κ3) is 8.85. The number of aliphatic hydroxyl groups excluding tert-OH is 1. The van der Waals surface area contributed by atoms with E-state index in [0.29, 0.717) is 0 Å². The summed E-state index contributed by atoms with van der Waals surface area (Å²) >= 11 is 0. The molecule has 0 aliphatic carbocycles. The lowest BCUT2D eigenvalue weighted by molar-refractivity contribution is 0.160. The first-order chi connectivity index (χ1) is 6.66. The molecule has 0 rings (SSSR count). The van der Waals surface area contributed by atoms with E-state index in [2.05, 4.69) is 51.9 Å². The maximum atomic E-state index is 8.84. The van der Waals surface area contributed by atoms with Crippen LogP contribution in [-0.4, -0.2) is 48.8 Å². The van der Waals surface area contributed by atoms with Crippen molar-refractivity contribution in [1.82, 2.24) is 10.2 Å². The van der Waals surface area contributed by atoms with Gasteiger partial charge in [-0.3, -0.25) is 0 Å². The van der Waals surface area contributed by atoms with Gasteiger partial charge in [0.15, 0.2) is 0 Å². The lowest BCUT2D eigenvalue weighted by Gasteiger charge is -2.33. The van der Waals surface area contributed by atoms with E-state index in [4.69, 9.17) is 5.11 Å². The number of nitrogens with zero attached hydrogens (tertiary/aromatic N) is 1. The van der Waals surface area contributed by atoms with Crippen LogP contribution in [0.2, 0.25) is 0 Å². The average Bonchev–Trinajstić information content (AvgIpc) is 1.99. The second-order valence-electron chi connectivity index (χ2n) is 6.23. The molecule has 0 unspecified atom stereocenters. The maximum Gasteiger partial charge on any atom is 0.0558 e. The quantitative estimate of drug-likeness (QED) is 0.703. The zero-order valence-electron chi connectivity index (χ0n) is 11.2. The van der Waals surface area contributed by atoms with E-state index in [1.54, 1.807) is 0 Å². The Morgan fingerprint density at radius 2 is 1.67 bits per heavy atom. The summed E-state index contributed by atoms with van der Waals surface area (Å²) in [6.07, 6.45) is 0. The lowest BCUT2D eigenvalue weighted by atomic mass is 9.91. The minimum atomic E-state index is 0.173. The Bertz CT molecular complexity index is 173. The highest BCUT2D eigenvalue weighted by atomic mass is 16.3. The summed E-state index contributed by atoms with van der Waals surface area (Å²) in [7, 11) is 2.05. The van der Waals surface area contributed by atoms with E-state index in [0.717, 1.165) is 19.6 Å². The van der Waals surface area contributed by atoms with Crippen LogP contribution in [0, 0.1) is 5.41 Å². The van der Waals surface area contributed by atoms with Crippen molar-refractivity contribution < 1.29 is 5.11 Å². The van der Waals surface area contributed by atoms with Crippen LogP contribution in [0.5, 0.6) is 0 Å². The Balaban J connectivity index is 3.96. The third-order valence-electron chi connectivity index (χ3n) is 2.28. The smallest absolute Gasteiger partial charge is 0.0558 e. The van der Waals surface area contributed by atoms with Crippen molar-refractivity contribution in [2.24, 2.45) is 5.41 Å². The molecule has 0 fully saturated rings. The lowest BCUT2D eigenvalue weighted by Crippen LogP contribution is -2.46. The summed E-state index contributed by atoms with van der Waals surface area (Å²) in [5, 5.41) is 12.4. The third-order valence-corrected chi connectivity index (χ3v) is 2.28. The molecule has 0 saturated carbocycles. The van der Waals surface area contributed by atoms with E-state index in [1.807, 2.05) is 0 Å². The average molecular weight is 216 g/mol. The predicted octanol–water partition coefficient (Wildman–Crippen LogP) is 1.32. The minimum absolute atomic E-state index is 0.173. The van der Waals surface area contributed by atoms with Gasteiger partial charge in [0.05, 0.1) is 6.61 Å². The van der Waals surface area contributed by atoms with Crippen LogP contribution >= 0.6 is 0 Å². The van der Waals surface area contributed by atoms with Crippen LogP contribution in [0.3, 0.4) is 0 Å². The number of nitrogens with one attached hydrogen (secondary N) is 1. The zero-order chi connectivity index (χ0) is 12.1. The zero-order valence-corrected chi connectivity index (χ0v) is 11.2. The van der Waals surface area contributed by atoms with Gasteiger partial charge in [-0.05, 0) is 33.2 Å². The Labute approximate surface area is 94.9 Å². The van der Waals surface area contributed by atoms with Crippen molar-refractivity contribution >= 4 is 0 Å². The van der Waals surface area contributed by atoms with Gasteiger partial charge in [-0.25, -0.2) is 0 Å². The highest BCUT2D eigenvalue weighted by Gasteiger charge is 2.22. The summed E-state index contributed by atoms with van der Waals surface area (Å²) < 4.78 is 0. The molecule has 0 amide bonds. The van der Waals surface area contributed by atoms with Crippen LogP contribution in [0.4, 0.5) is 0 Å². The van der Waals surface area contributed by atoms with Crippen molar-refractivity contribution in [1.29, 1.82) is 0 Å². The second kappa shape index (κ2) is 5.83. The first-order valence-corrected chi connectivity index (χ1v) is 5.71. The van der Waals surface area contributed by atoms with E-state index >= 15 is 0 Å². The summed E-state index contributed by atoms with van der Waals surface area (Å²) in [5.74, 6) is 0. The highest BCUT2D eigenvalue weighted by Crippen LogP contribution is 2.16. The van der Waals surface area contributed by atoms with Gasteiger partial charge in [-0.1, -0.05) is 13.8 Å². The summed E-state index contributed by atoms with van der Waals surface area (Å²) in [5.41, 5.74) is 0.407. The minimum Gasteiger partial charge on any atom is -0.395 e. The molecule has 2 N–H and O–H groups in total. The van der Waals surface area contributed by atoms with Crippen LogP contribution in [0.15, 0.2) is 0 Å². The molecule has 0 bridgehead atoms. The first kappa shape index (κ1) is 14.9. The number of hydrogen-bond acceptors (Lipinski definition) is 3. The Hall–Kier alpha value is -0.120. The maximum absolute atomic E-state index is 8.84. The molecular formula is C12H28N2O. The van der Waals surface area contributed by atoms with Crippen molar-refractivity contribution in [3.63, 3.8) is 0 Å². The van der Waals surface area contributed by atoms with E-state index in [-0.39, 0.29) is 17.6 Å². The summed E-state index contributed by atoms with van der Waals surface area (Å²) in [6.45, 7) is 14.0. The Morgan fingerprint density at radius 1 is 1.13 bits per heavy atom. The normalized spacial score (nSPS) is 13.6. The molecule has 0 aromatic carbocycles. The van der Waals surface area contributed by atoms with E-state index < -0.39 is 0 Å². The standard InChI is InChI=1S/C12H28N2O/c1-11(2,3)13-9-12(4,5)10-14(6)7-8-15/h13,15H,7-10H2,1-6H3. The Morgan fingerprint density at radius 3 is 2.07 bits per heavy atom. The van der Waals surface area contributed by atoms with Crippen molar-refractivity contribution in [2.75, 3.05) is 33.3 Å². The summed E-state index contributed by atoms with van der Waals surface area (Å²) in [4.78, 5) is 2.17. The van der Waals surface area contributed by atoms with Crippen molar-refractivity contribution in [2.45, 2.75) is 40.2 Å². The molecule has 0 saturated heterocycles. The molecule has 0 spiro atoms. The van der Waals surface area contributed by atoms with Gasteiger partial charge >= 0.3 is 0 Å². The molecule has 3 heteroatoms.